The van der Waals surface area contributed by atoms with Gasteiger partial charge >= 0.3 is 11.9 Å². The Morgan fingerprint density at radius 2 is 1.13 bits per heavy atom. The number of hydrogen-bond donors (Lipinski definition) is 1. The normalized spacial score (nSPS) is 14.2. The second-order valence-corrected chi connectivity index (χ2v) is 12.3. The van der Waals surface area contributed by atoms with Gasteiger partial charge in [-0.15, -0.1) is 0 Å². The lowest BCUT2D eigenvalue weighted by molar-refractivity contribution is -0.149. The van der Waals surface area contributed by atoms with Gasteiger partial charge in [-0.25, -0.2) is 0 Å². The maximum absolute atomic E-state index is 11.9. The molecule has 0 saturated carbocycles. The van der Waals surface area contributed by atoms with Crippen LogP contribution in [0.2, 0.25) is 5.02 Å². The molecule has 2 aliphatic heterocycles. The van der Waals surface area contributed by atoms with Gasteiger partial charge in [0.1, 0.15) is 0 Å². The number of carbonyl (C=O) groups excluding carboxylic acids is 2. The van der Waals surface area contributed by atoms with Crippen molar-refractivity contribution in [2.24, 2.45) is 11.8 Å². The molecule has 0 bridgehead atoms. The van der Waals surface area contributed by atoms with E-state index in [0.717, 1.165) is 79.4 Å². The predicted octanol–water partition coefficient (Wildman–Crippen LogP) is 7.76. The number of nitrogens with one attached hydrogen (secondary N) is 1. The number of ether oxygens (including phenoxy) is 6. The Balaban J connectivity index is 0.000000297. The van der Waals surface area contributed by atoms with E-state index in [2.05, 4.69) is 20.2 Å². The molecule has 4 aromatic rings. The third kappa shape index (κ3) is 11.7. The molecule has 0 spiro atoms. The summed E-state index contributed by atoms with van der Waals surface area (Å²) in [5.41, 5.74) is 2.76. The summed E-state index contributed by atoms with van der Waals surface area (Å²) in [5.74, 6) is 2.71. The zero-order chi connectivity index (χ0) is 36.8. The van der Waals surface area contributed by atoms with Gasteiger partial charge in [-0.05, 0) is 76.9 Å². The molecule has 2 saturated heterocycles. The number of anilines is 1. The summed E-state index contributed by atoms with van der Waals surface area (Å²) in [6, 6.07) is 11.2. The molecule has 292 valence electrons. The highest BCUT2D eigenvalue weighted by atomic mass is 35.5. The molecule has 0 aliphatic carbocycles. The van der Waals surface area contributed by atoms with E-state index in [1.54, 1.807) is 53.0 Å². The Hall–Kier alpha value is -4.55. The van der Waals surface area contributed by atoms with Crippen molar-refractivity contribution >= 4 is 51.0 Å². The van der Waals surface area contributed by atoms with Crippen molar-refractivity contribution in [1.29, 1.82) is 0 Å². The van der Waals surface area contributed by atoms with E-state index < -0.39 is 0 Å². The first-order valence-corrected chi connectivity index (χ1v) is 17.6. The van der Waals surface area contributed by atoms with Crippen molar-refractivity contribution in [2.45, 2.75) is 54.4 Å². The van der Waals surface area contributed by atoms with Crippen molar-refractivity contribution in [3.63, 3.8) is 0 Å². The Morgan fingerprint density at radius 1 is 0.698 bits per heavy atom. The summed E-state index contributed by atoms with van der Waals surface area (Å²) < 4.78 is 31.2. The van der Waals surface area contributed by atoms with Gasteiger partial charge in [0, 0.05) is 54.1 Å². The van der Waals surface area contributed by atoms with E-state index in [9.17, 15) is 9.59 Å². The molecular weight excluding hydrogens is 700 g/mol. The van der Waals surface area contributed by atoms with Crippen LogP contribution in [0.4, 0.5) is 5.69 Å². The average molecular weight is 757 g/mol. The van der Waals surface area contributed by atoms with Crippen molar-refractivity contribution in [1.82, 2.24) is 15.3 Å². The SMILES string of the molecule is C.C.CCOC(=O)C1CCN(c2ccnc3cc(OC)c(OC)cc23)CC1.CCOC(=O)C1CCNCC1.COc1cc2nccc(Cl)c2cc1OC. The number of rotatable bonds is 9. The molecular formula is C40H57ClN4O8. The zero-order valence-electron chi connectivity index (χ0n) is 30.3. The van der Waals surface area contributed by atoms with Crippen LogP contribution in [0.5, 0.6) is 23.0 Å². The first-order chi connectivity index (χ1) is 24.8. The monoisotopic (exact) mass is 756 g/mol. The third-order valence-corrected chi connectivity index (χ3v) is 9.16. The molecule has 0 radical (unpaired) electrons. The number of esters is 2. The van der Waals surface area contributed by atoms with Gasteiger partial charge in [0.15, 0.2) is 23.0 Å². The number of methoxy groups -OCH3 is 4. The van der Waals surface area contributed by atoms with Gasteiger partial charge < -0.3 is 38.6 Å². The van der Waals surface area contributed by atoms with Gasteiger partial charge in [0.2, 0.25) is 0 Å². The minimum Gasteiger partial charge on any atom is -0.493 e. The van der Waals surface area contributed by atoms with Crippen molar-refractivity contribution in [3.05, 3.63) is 53.8 Å². The summed E-state index contributed by atoms with van der Waals surface area (Å²) in [7, 11) is 6.43. The highest BCUT2D eigenvalue weighted by Crippen LogP contribution is 2.37. The molecule has 0 amide bonds. The fourth-order valence-corrected chi connectivity index (χ4v) is 6.31. The van der Waals surface area contributed by atoms with Gasteiger partial charge in [-0.1, -0.05) is 26.5 Å². The number of nitrogens with zero attached hydrogens (tertiary/aromatic N) is 3. The Kier molecular flexibility index (Phi) is 18.9. The molecule has 12 nitrogen and oxygen atoms in total. The number of carbonyl (C=O) groups is 2. The van der Waals surface area contributed by atoms with Crippen molar-refractivity contribution in [2.75, 3.05) is 72.7 Å². The van der Waals surface area contributed by atoms with Crippen LogP contribution < -0.4 is 29.2 Å². The number of piperidine rings is 2. The smallest absolute Gasteiger partial charge is 0.309 e. The topological polar surface area (TPSA) is 131 Å². The highest BCUT2D eigenvalue weighted by Gasteiger charge is 2.27. The predicted molar refractivity (Wildman–Crippen MR) is 212 cm³/mol. The van der Waals surface area contributed by atoms with Gasteiger partial charge in [0.05, 0.1) is 69.5 Å². The van der Waals surface area contributed by atoms with Gasteiger partial charge in [-0.3, -0.25) is 19.6 Å². The lowest BCUT2D eigenvalue weighted by Gasteiger charge is -2.33. The maximum Gasteiger partial charge on any atom is 0.309 e. The molecule has 2 aromatic carbocycles. The van der Waals surface area contributed by atoms with E-state index in [0.29, 0.717) is 41.2 Å². The summed E-state index contributed by atoms with van der Waals surface area (Å²) >= 11 is 6.05. The number of aromatic nitrogens is 2. The van der Waals surface area contributed by atoms with E-state index in [1.807, 2.05) is 38.1 Å². The Morgan fingerprint density at radius 3 is 1.62 bits per heavy atom. The standard InChI is InChI=1S/C19H24N2O4.C11H10ClNO2.C8H15NO2.2CH4/c1-4-25-19(22)13-6-9-21(10-7-13)16-5-8-20-15-12-18(24-3)17(23-2)11-14(15)16;1-14-10-5-7-8(12)3-4-13-9(7)6-11(10)15-2;1-2-11-8(10)7-3-5-9-6-4-7;;/h5,8,11-13H,4,6-7,9-10H2,1-3H3;3-6H,1-2H3;7,9H,2-6H2,1H3;2*1H4. The van der Waals surface area contributed by atoms with E-state index in [-0.39, 0.29) is 38.6 Å². The summed E-state index contributed by atoms with van der Waals surface area (Å²) in [6.07, 6.45) is 6.93. The molecule has 53 heavy (non-hydrogen) atoms. The number of fused-ring (bicyclic) bond motifs is 2. The number of halogens is 1. The van der Waals surface area contributed by atoms with Gasteiger partial charge in [-0.2, -0.15) is 0 Å². The zero-order valence-corrected chi connectivity index (χ0v) is 31.1. The fourth-order valence-electron chi connectivity index (χ4n) is 6.11. The minimum atomic E-state index is -0.0758. The fraction of sp³-hybridized carbons (Fsp3) is 0.500. The first kappa shape index (κ1) is 44.6. The van der Waals surface area contributed by atoms with Crippen molar-refractivity contribution in [3.8, 4) is 23.0 Å². The Labute approximate surface area is 319 Å². The van der Waals surface area contributed by atoms with Crippen LogP contribution in [0.1, 0.15) is 54.4 Å². The molecule has 2 fully saturated rings. The highest BCUT2D eigenvalue weighted by molar-refractivity contribution is 6.35. The summed E-state index contributed by atoms with van der Waals surface area (Å²) in [6.45, 7) is 8.16. The van der Waals surface area contributed by atoms with Crippen LogP contribution >= 0.6 is 11.6 Å². The maximum atomic E-state index is 11.9. The molecule has 2 aromatic heterocycles. The summed E-state index contributed by atoms with van der Waals surface area (Å²) in [5, 5.41) is 5.74. The van der Waals surface area contributed by atoms with Crippen LogP contribution in [0, 0.1) is 11.8 Å². The van der Waals surface area contributed by atoms with Crippen LogP contribution in [0.3, 0.4) is 0 Å². The molecule has 1 N–H and O–H groups in total. The number of pyridine rings is 2. The minimum absolute atomic E-state index is 0. The lowest BCUT2D eigenvalue weighted by atomic mass is 9.96. The molecule has 2 aliphatic rings. The van der Waals surface area contributed by atoms with Crippen LogP contribution in [-0.2, 0) is 19.1 Å². The van der Waals surface area contributed by atoms with E-state index in [1.165, 1.54) is 0 Å². The van der Waals surface area contributed by atoms with Crippen molar-refractivity contribution < 1.29 is 38.0 Å². The molecule has 4 heterocycles. The average Bonchev–Trinajstić information content (AvgIpc) is 3.17. The molecule has 6 rings (SSSR count). The summed E-state index contributed by atoms with van der Waals surface area (Å²) in [4.78, 5) is 34.0. The first-order valence-electron chi connectivity index (χ1n) is 17.2. The van der Waals surface area contributed by atoms with E-state index >= 15 is 0 Å². The largest absolute Gasteiger partial charge is 0.493 e. The van der Waals surface area contributed by atoms with Crippen LogP contribution in [0.15, 0.2) is 48.8 Å². The molecule has 13 heteroatoms. The Bertz CT molecular complexity index is 1740. The second-order valence-electron chi connectivity index (χ2n) is 11.9. The van der Waals surface area contributed by atoms with E-state index in [4.69, 9.17) is 40.0 Å². The molecule has 0 unspecified atom stereocenters. The van der Waals surface area contributed by atoms with Crippen LogP contribution in [-0.4, -0.2) is 89.7 Å². The quantitative estimate of drug-likeness (QED) is 0.168. The van der Waals surface area contributed by atoms with Gasteiger partial charge in [0.25, 0.3) is 0 Å². The third-order valence-electron chi connectivity index (χ3n) is 8.83. The number of hydrogen-bond acceptors (Lipinski definition) is 12. The molecule has 0 atom stereocenters. The second kappa shape index (κ2) is 22.5. The number of benzene rings is 2. The van der Waals surface area contributed by atoms with Crippen LogP contribution in [0.25, 0.3) is 21.8 Å². The lowest BCUT2D eigenvalue weighted by Crippen LogP contribution is -2.37.